The van der Waals surface area contributed by atoms with Crippen molar-refractivity contribution in [2.24, 2.45) is 4.88 Å². The van der Waals surface area contributed by atoms with Crippen LogP contribution in [-0.2, 0) is 4.57 Å². The van der Waals surface area contributed by atoms with Gasteiger partial charge in [-0.25, -0.2) is 9.34 Å². The first-order valence-corrected chi connectivity index (χ1v) is 8.74. The number of hydrogen-bond acceptors (Lipinski definition) is 1. The summed E-state index contributed by atoms with van der Waals surface area (Å²) in [7, 11) is -3.13. The van der Waals surface area contributed by atoms with E-state index in [1.54, 1.807) is 0 Å². The van der Waals surface area contributed by atoms with Gasteiger partial charge in [0.15, 0.2) is 0 Å². The second-order valence-corrected chi connectivity index (χ2v) is 8.19. The van der Waals surface area contributed by atoms with Gasteiger partial charge in [0.2, 0.25) is 0 Å². The largest absolute Gasteiger partial charge is 0.304 e. The summed E-state index contributed by atoms with van der Waals surface area (Å²) >= 11 is 0. The molecular weight excluding hydrogens is 261 g/mol. The molecule has 0 unspecified atom stereocenters. The number of azide groups is 1. The smallest absolute Gasteiger partial charge is 0.282 e. The fourth-order valence-corrected chi connectivity index (χ4v) is 6.77. The van der Waals surface area contributed by atoms with Crippen molar-refractivity contribution in [1.29, 1.82) is 0 Å². The van der Waals surface area contributed by atoms with Crippen molar-refractivity contribution < 1.29 is 4.57 Å². The minimum atomic E-state index is -3.13. The molecular formula is C12H24N5OP. The van der Waals surface area contributed by atoms with Crippen LogP contribution in [0.5, 0.6) is 0 Å². The summed E-state index contributed by atoms with van der Waals surface area (Å²) < 4.78 is 17.3. The Morgan fingerprint density at radius 3 is 1.84 bits per heavy atom. The third kappa shape index (κ3) is 2.31. The first-order valence-electron chi connectivity index (χ1n) is 7.17. The maximum atomic E-state index is 13.4. The summed E-state index contributed by atoms with van der Waals surface area (Å²) in [5.74, 6) is 0. The van der Waals surface area contributed by atoms with E-state index in [0.717, 1.165) is 12.8 Å². The lowest BCUT2D eigenvalue weighted by atomic mass is 9.89. The maximum Gasteiger partial charge on any atom is 0.304 e. The van der Waals surface area contributed by atoms with Crippen molar-refractivity contribution in [1.82, 2.24) is 9.34 Å². The molecule has 1 aliphatic heterocycles. The SMILES string of the molecule is CC(C)N1[C@@H]2CCCC[C@H]2N(C(C)C)P1(=O)N=[N+]=[N-]. The van der Waals surface area contributed by atoms with Gasteiger partial charge in [-0.2, -0.15) is 0 Å². The van der Waals surface area contributed by atoms with Crippen LogP contribution in [0.3, 0.4) is 0 Å². The summed E-state index contributed by atoms with van der Waals surface area (Å²) in [6, 6.07) is 0.802. The molecule has 7 heteroatoms. The molecule has 0 aromatic heterocycles. The maximum absolute atomic E-state index is 13.4. The molecule has 1 aliphatic carbocycles. The van der Waals surface area contributed by atoms with Gasteiger partial charge < -0.3 is 0 Å². The average Bonchev–Trinajstić information content (AvgIpc) is 2.56. The number of hydrogen-bond donors (Lipinski definition) is 0. The van der Waals surface area contributed by atoms with Crippen LogP contribution in [-0.4, -0.2) is 33.5 Å². The van der Waals surface area contributed by atoms with E-state index in [9.17, 15) is 4.57 Å². The highest BCUT2D eigenvalue weighted by atomic mass is 31.2. The number of nitrogens with zero attached hydrogens (tertiary/aromatic N) is 5. The number of rotatable bonds is 3. The standard InChI is InChI=1S/C12H24N5OP/c1-9(2)16-11-7-5-6-8-12(11)17(10(3)4)19(16,18)15-14-13/h9-12H,5-8H2,1-4H3/t11-,12-/m1/s1. The molecule has 2 atom stereocenters. The predicted molar refractivity (Wildman–Crippen MR) is 76.7 cm³/mol. The molecule has 0 spiro atoms. The Balaban J connectivity index is 2.51. The highest BCUT2D eigenvalue weighted by Crippen LogP contribution is 2.66. The van der Waals surface area contributed by atoms with Crippen LogP contribution in [0.25, 0.3) is 10.4 Å². The molecule has 0 bridgehead atoms. The lowest BCUT2D eigenvalue weighted by Crippen LogP contribution is -2.43. The van der Waals surface area contributed by atoms with Gasteiger partial charge in [0.05, 0.1) is 0 Å². The van der Waals surface area contributed by atoms with Gasteiger partial charge in [-0.05, 0) is 46.1 Å². The van der Waals surface area contributed by atoms with Gasteiger partial charge in [-0.15, -0.1) is 0 Å². The third-order valence-corrected chi connectivity index (χ3v) is 7.22. The monoisotopic (exact) mass is 285 g/mol. The van der Waals surface area contributed by atoms with Crippen LogP contribution in [0.15, 0.2) is 4.88 Å². The second kappa shape index (κ2) is 5.45. The highest BCUT2D eigenvalue weighted by Gasteiger charge is 2.56. The van der Waals surface area contributed by atoms with Crippen LogP contribution in [0.2, 0.25) is 0 Å². The average molecular weight is 285 g/mol. The van der Waals surface area contributed by atoms with E-state index in [0.29, 0.717) is 0 Å². The van der Waals surface area contributed by atoms with Gasteiger partial charge >= 0.3 is 7.59 Å². The van der Waals surface area contributed by atoms with Crippen LogP contribution in [0.4, 0.5) is 0 Å². The van der Waals surface area contributed by atoms with E-state index in [4.69, 9.17) is 5.53 Å². The Kier molecular flexibility index (Phi) is 4.26. The van der Waals surface area contributed by atoms with E-state index in [1.165, 1.54) is 12.8 Å². The molecule has 2 fully saturated rings. The minimum Gasteiger partial charge on any atom is -0.282 e. The zero-order chi connectivity index (χ0) is 14.2. The lowest BCUT2D eigenvalue weighted by Gasteiger charge is -2.33. The van der Waals surface area contributed by atoms with Gasteiger partial charge in [-0.1, -0.05) is 12.8 Å². The molecule has 0 amide bonds. The predicted octanol–water partition coefficient (Wildman–Crippen LogP) is 4.15. The quantitative estimate of drug-likeness (QED) is 0.338. The minimum absolute atomic E-state index is 0.130. The Bertz CT molecular complexity index is 404. The van der Waals surface area contributed by atoms with E-state index in [1.807, 2.05) is 37.0 Å². The first-order chi connectivity index (χ1) is 8.93. The van der Waals surface area contributed by atoms with Gasteiger partial charge in [0.1, 0.15) is 0 Å². The van der Waals surface area contributed by atoms with Crippen molar-refractivity contribution in [3.05, 3.63) is 10.4 Å². The molecule has 0 radical (unpaired) electrons. The normalized spacial score (nSPS) is 31.5. The van der Waals surface area contributed by atoms with Gasteiger partial charge in [-0.3, -0.25) is 4.57 Å². The van der Waals surface area contributed by atoms with E-state index >= 15 is 0 Å². The molecule has 108 valence electrons. The van der Waals surface area contributed by atoms with Crippen molar-refractivity contribution in [3.8, 4) is 0 Å². The van der Waals surface area contributed by atoms with Crippen molar-refractivity contribution in [3.63, 3.8) is 0 Å². The van der Waals surface area contributed by atoms with Crippen LogP contribution in [0.1, 0.15) is 53.4 Å². The molecule has 1 saturated carbocycles. The fourth-order valence-electron chi connectivity index (χ4n) is 3.73. The Morgan fingerprint density at radius 2 is 1.53 bits per heavy atom. The molecule has 0 N–H and O–H groups in total. The lowest BCUT2D eigenvalue weighted by molar-refractivity contribution is 0.173. The second-order valence-electron chi connectivity index (χ2n) is 6.06. The Hall–Kier alpha value is -0.540. The zero-order valence-electron chi connectivity index (χ0n) is 12.2. The first kappa shape index (κ1) is 14.9. The van der Waals surface area contributed by atoms with Crippen LogP contribution < -0.4 is 0 Å². The van der Waals surface area contributed by atoms with Crippen molar-refractivity contribution in [2.75, 3.05) is 0 Å². The molecule has 2 aliphatic rings. The van der Waals surface area contributed by atoms with Gasteiger partial charge in [0.25, 0.3) is 0 Å². The topological polar surface area (TPSA) is 72.3 Å². The molecule has 1 heterocycles. The Morgan fingerprint density at radius 1 is 1.11 bits per heavy atom. The molecule has 6 nitrogen and oxygen atoms in total. The van der Waals surface area contributed by atoms with Crippen molar-refractivity contribution >= 4 is 7.59 Å². The summed E-state index contributed by atoms with van der Waals surface area (Å²) in [6.45, 7) is 8.15. The fraction of sp³-hybridized carbons (Fsp3) is 1.00. The van der Waals surface area contributed by atoms with E-state index in [2.05, 4.69) is 9.80 Å². The highest BCUT2D eigenvalue weighted by molar-refractivity contribution is 7.57. The third-order valence-electron chi connectivity index (χ3n) is 4.19. The summed E-state index contributed by atoms with van der Waals surface area (Å²) in [4.78, 5) is 6.66. The van der Waals surface area contributed by atoms with E-state index in [-0.39, 0.29) is 24.2 Å². The van der Waals surface area contributed by atoms with Crippen molar-refractivity contribution in [2.45, 2.75) is 77.5 Å². The Labute approximate surface area is 115 Å². The molecule has 2 rings (SSSR count). The molecule has 0 aromatic carbocycles. The molecule has 1 saturated heterocycles. The zero-order valence-corrected chi connectivity index (χ0v) is 13.1. The number of fused-ring (bicyclic) bond motifs is 1. The molecule has 0 aromatic rings. The summed E-state index contributed by atoms with van der Waals surface area (Å²) in [5, 5.41) is 0. The van der Waals surface area contributed by atoms with Crippen LogP contribution >= 0.6 is 7.59 Å². The summed E-state index contributed by atoms with van der Waals surface area (Å²) in [5.41, 5.74) is 8.86. The van der Waals surface area contributed by atoms with Gasteiger partial charge in [0, 0.05) is 34.0 Å². The summed E-state index contributed by atoms with van der Waals surface area (Å²) in [6.07, 6.45) is 4.45. The molecule has 19 heavy (non-hydrogen) atoms. The van der Waals surface area contributed by atoms with E-state index < -0.39 is 7.59 Å². The van der Waals surface area contributed by atoms with Crippen LogP contribution in [0, 0.1) is 0 Å².